The average Bonchev–Trinajstić information content (AvgIpc) is 2.48. The molecule has 6 heteroatoms. The number of hydrogen-bond acceptors (Lipinski definition) is 2. The molecule has 2 nitrogen and oxygen atoms in total. The van der Waals surface area contributed by atoms with Crippen molar-refractivity contribution in [3.63, 3.8) is 0 Å². The molecule has 0 heterocycles. The van der Waals surface area contributed by atoms with Crippen molar-refractivity contribution in [3.05, 3.63) is 53.8 Å². The van der Waals surface area contributed by atoms with Gasteiger partial charge < -0.3 is 4.74 Å². The summed E-state index contributed by atoms with van der Waals surface area (Å²) in [5.41, 5.74) is 1.69. The summed E-state index contributed by atoms with van der Waals surface area (Å²) in [6.45, 7) is 1.99. The van der Waals surface area contributed by atoms with E-state index < -0.39 is 18.0 Å². The fraction of sp³-hybridized carbons (Fsp3) is 0.235. The van der Waals surface area contributed by atoms with Crippen LogP contribution in [0.25, 0.3) is 11.1 Å². The summed E-state index contributed by atoms with van der Waals surface area (Å²) in [7, 11) is 0. The molecule has 0 aromatic heterocycles. The standard InChI is InChI=1S/C17H14F4O2/c1-2-3-11-4-9-14(15(18)10-11)12-5-7-13(8-6-12)23-16(22)17(19,20)21/h4-10H,2-3H2,1H3. The zero-order valence-corrected chi connectivity index (χ0v) is 12.3. The normalized spacial score (nSPS) is 11.3. The smallest absolute Gasteiger partial charge is 0.420 e. The van der Waals surface area contributed by atoms with Crippen molar-refractivity contribution >= 4 is 5.97 Å². The second kappa shape index (κ2) is 6.81. The van der Waals surface area contributed by atoms with Crippen LogP contribution in [0.3, 0.4) is 0 Å². The molecule has 0 saturated heterocycles. The Morgan fingerprint density at radius 3 is 2.26 bits per heavy atom. The lowest BCUT2D eigenvalue weighted by atomic mass is 10.0. The van der Waals surface area contributed by atoms with Crippen LogP contribution in [0.4, 0.5) is 17.6 Å². The van der Waals surface area contributed by atoms with Gasteiger partial charge in [-0.3, -0.25) is 0 Å². The largest absolute Gasteiger partial charge is 0.491 e. The third kappa shape index (κ3) is 4.31. The monoisotopic (exact) mass is 326 g/mol. The maximum Gasteiger partial charge on any atom is 0.491 e. The molecule has 0 bridgehead atoms. The van der Waals surface area contributed by atoms with E-state index in [1.54, 1.807) is 12.1 Å². The van der Waals surface area contributed by atoms with Crippen molar-refractivity contribution in [3.8, 4) is 16.9 Å². The first-order valence-electron chi connectivity index (χ1n) is 6.99. The van der Waals surface area contributed by atoms with E-state index in [-0.39, 0.29) is 5.75 Å². The molecule has 0 unspecified atom stereocenters. The molecule has 23 heavy (non-hydrogen) atoms. The zero-order valence-electron chi connectivity index (χ0n) is 12.3. The highest BCUT2D eigenvalue weighted by molar-refractivity contribution is 5.78. The lowest BCUT2D eigenvalue weighted by Crippen LogP contribution is -2.27. The minimum absolute atomic E-state index is 0.251. The third-order valence-electron chi connectivity index (χ3n) is 3.18. The van der Waals surface area contributed by atoms with Crippen molar-refractivity contribution < 1.29 is 27.1 Å². The summed E-state index contributed by atoms with van der Waals surface area (Å²) in [6, 6.07) is 10.1. The minimum atomic E-state index is -5.06. The first-order chi connectivity index (χ1) is 10.8. The van der Waals surface area contributed by atoms with Gasteiger partial charge in [-0.25, -0.2) is 9.18 Å². The molecule has 0 amide bonds. The first kappa shape index (κ1) is 17.0. The highest BCUT2D eigenvalue weighted by Gasteiger charge is 2.41. The van der Waals surface area contributed by atoms with Crippen LogP contribution in [-0.2, 0) is 11.2 Å². The van der Waals surface area contributed by atoms with Crippen LogP contribution in [0.15, 0.2) is 42.5 Å². The highest BCUT2D eigenvalue weighted by atomic mass is 19.4. The summed E-state index contributed by atoms with van der Waals surface area (Å²) in [4.78, 5) is 10.7. The van der Waals surface area contributed by atoms with Crippen LogP contribution < -0.4 is 4.74 Å². The summed E-state index contributed by atoms with van der Waals surface area (Å²) < 4.78 is 54.6. The summed E-state index contributed by atoms with van der Waals surface area (Å²) in [5, 5.41) is 0. The number of halogens is 4. The van der Waals surface area contributed by atoms with Crippen molar-refractivity contribution in [2.75, 3.05) is 0 Å². The van der Waals surface area contributed by atoms with E-state index in [9.17, 15) is 22.4 Å². The van der Waals surface area contributed by atoms with E-state index in [1.165, 1.54) is 30.3 Å². The Labute approximate surface area is 130 Å². The SMILES string of the molecule is CCCc1ccc(-c2ccc(OC(=O)C(F)(F)F)cc2)c(F)c1. The van der Waals surface area contributed by atoms with Gasteiger partial charge in [0.25, 0.3) is 0 Å². The lowest BCUT2D eigenvalue weighted by Gasteiger charge is -2.09. The van der Waals surface area contributed by atoms with Crippen LogP contribution in [-0.4, -0.2) is 12.1 Å². The van der Waals surface area contributed by atoms with Gasteiger partial charge in [-0.15, -0.1) is 0 Å². The molecular weight excluding hydrogens is 312 g/mol. The van der Waals surface area contributed by atoms with E-state index in [2.05, 4.69) is 4.74 Å². The topological polar surface area (TPSA) is 26.3 Å². The molecule has 0 N–H and O–H groups in total. The number of esters is 1. The molecule has 0 fully saturated rings. The summed E-state index contributed by atoms with van der Waals surface area (Å²) in [6.07, 6.45) is -3.39. The van der Waals surface area contributed by atoms with Crippen LogP contribution >= 0.6 is 0 Å². The summed E-state index contributed by atoms with van der Waals surface area (Å²) >= 11 is 0. The number of rotatable bonds is 4. The average molecular weight is 326 g/mol. The van der Waals surface area contributed by atoms with Crippen molar-refractivity contribution in [1.82, 2.24) is 0 Å². The first-order valence-corrected chi connectivity index (χ1v) is 6.99. The molecule has 0 aliphatic heterocycles. The van der Waals surface area contributed by atoms with Crippen LogP contribution in [0, 0.1) is 5.82 Å². The minimum Gasteiger partial charge on any atom is -0.420 e. The Bertz CT molecular complexity index is 691. The molecule has 0 radical (unpaired) electrons. The van der Waals surface area contributed by atoms with Crippen molar-refractivity contribution in [2.24, 2.45) is 0 Å². The van der Waals surface area contributed by atoms with Gasteiger partial charge in [-0.05, 0) is 35.7 Å². The number of carbonyl (C=O) groups is 1. The number of benzene rings is 2. The predicted molar refractivity (Wildman–Crippen MR) is 77.5 cm³/mol. The maximum atomic E-state index is 14.1. The second-order valence-corrected chi connectivity index (χ2v) is 4.98. The molecule has 0 atom stereocenters. The van der Waals surface area contributed by atoms with Gasteiger partial charge in [-0.2, -0.15) is 13.2 Å². The third-order valence-corrected chi connectivity index (χ3v) is 3.18. The Balaban J connectivity index is 2.18. The van der Waals surface area contributed by atoms with E-state index in [0.717, 1.165) is 18.4 Å². The summed E-state index contributed by atoms with van der Waals surface area (Å²) in [5.74, 6) is -2.95. The van der Waals surface area contributed by atoms with Gasteiger partial charge in [0.1, 0.15) is 11.6 Å². The maximum absolute atomic E-state index is 14.1. The number of ether oxygens (including phenoxy) is 1. The molecule has 0 aliphatic carbocycles. The zero-order chi connectivity index (χ0) is 17.0. The quantitative estimate of drug-likeness (QED) is 0.453. The number of carbonyl (C=O) groups excluding carboxylic acids is 1. The van der Waals surface area contributed by atoms with Gasteiger partial charge in [0.05, 0.1) is 0 Å². The fourth-order valence-corrected chi connectivity index (χ4v) is 2.10. The van der Waals surface area contributed by atoms with Crippen LogP contribution in [0.5, 0.6) is 5.75 Å². The van der Waals surface area contributed by atoms with Crippen molar-refractivity contribution in [2.45, 2.75) is 25.9 Å². The van der Waals surface area contributed by atoms with Gasteiger partial charge in [0.15, 0.2) is 0 Å². The van der Waals surface area contributed by atoms with Gasteiger partial charge in [0.2, 0.25) is 0 Å². The van der Waals surface area contributed by atoms with Gasteiger partial charge >= 0.3 is 12.1 Å². The van der Waals surface area contributed by atoms with Crippen LogP contribution in [0.1, 0.15) is 18.9 Å². The molecule has 2 aromatic rings. The van der Waals surface area contributed by atoms with E-state index in [4.69, 9.17) is 0 Å². The fourth-order valence-electron chi connectivity index (χ4n) is 2.10. The Kier molecular flexibility index (Phi) is 5.03. The lowest BCUT2D eigenvalue weighted by molar-refractivity contribution is -0.189. The highest BCUT2D eigenvalue weighted by Crippen LogP contribution is 2.27. The van der Waals surface area contributed by atoms with Gasteiger partial charge in [0, 0.05) is 5.56 Å². The van der Waals surface area contributed by atoms with Gasteiger partial charge in [-0.1, -0.05) is 37.6 Å². The van der Waals surface area contributed by atoms with Crippen molar-refractivity contribution in [1.29, 1.82) is 0 Å². The Hall–Kier alpha value is -2.37. The molecule has 0 spiro atoms. The van der Waals surface area contributed by atoms with E-state index in [0.29, 0.717) is 11.1 Å². The molecule has 122 valence electrons. The van der Waals surface area contributed by atoms with Crippen LogP contribution in [0.2, 0.25) is 0 Å². The van der Waals surface area contributed by atoms with E-state index >= 15 is 0 Å². The number of alkyl halides is 3. The molecular formula is C17H14F4O2. The Morgan fingerprint density at radius 1 is 1.09 bits per heavy atom. The number of aryl methyl sites for hydroxylation is 1. The molecule has 0 aliphatic rings. The molecule has 2 rings (SSSR count). The number of hydrogen-bond donors (Lipinski definition) is 0. The Morgan fingerprint density at radius 2 is 1.74 bits per heavy atom. The molecule has 2 aromatic carbocycles. The second-order valence-electron chi connectivity index (χ2n) is 4.98. The predicted octanol–water partition coefficient (Wildman–Crippen LogP) is 4.91. The molecule has 0 saturated carbocycles. The van der Waals surface area contributed by atoms with E-state index in [1.807, 2.05) is 6.92 Å².